The molecule has 196 valence electrons. The van der Waals surface area contributed by atoms with E-state index in [0.29, 0.717) is 55.7 Å². The predicted molar refractivity (Wildman–Crippen MR) is 129 cm³/mol. The van der Waals surface area contributed by atoms with Crippen LogP contribution in [0.4, 0.5) is 19.0 Å². The highest BCUT2D eigenvalue weighted by Gasteiger charge is 2.50. The van der Waals surface area contributed by atoms with Crippen LogP contribution in [-0.4, -0.2) is 67.3 Å². The van der Waals surface area contributed by atoms with E-state index in [4.69, 9.17) is 4.74 Å². The van der Waals surface area contributed by atoms with Crippen molar-refractivity contribution in [2.75, 3.05) is 44.3 Å². The van der Waals surface area contributed by atoms with Crippen LogP contribution in [0.25, 0.3) is 0 Å². The molecular formula is C26H39F3N4O2. The van der Waals surface area contributed by atoms with Crippen molar-refractivity contribution in [2.24, 2.45) is 17.3 Å². The van der Waals surface area contributed by atoms with Crippen molar-refractivity contribution in [1.82, 2.24) is 15.2 Å². The molecule has 2 aliphatic heterocycles. The van der Waals surface area contributed by atoms with Crippen LogP contribution in [0, 0.1) is 24.2 Å². The van der Waals surface area contributed by atoms with Crippen LogP contribution in [0.2, 0.25) is 0 Å². The molecule has 2 unspecified atom stereocenters. The zero-order chi connectivity index (χ0) is 25.4. The van der Waals surface area contributed by atoms with E-state index in [1.165, 1.54) is 0 Å². The first-order valence-corrected chi connectivity index (χ1v) is 12.9. The van der Waals surface area contributed by atoms with E-state index in [0.717, 1.165) is 51.0 Å². The molecule has 1 aromatic heterocycles. The van der Waals surface area contributed by atoms with Crippen molar-refractivity contribution in [3.05, 3.63) is 23.4 Å². The summed E-state index contributed by atoms with van der Waals surface area (Å²) < 4.78 is 45.4. The van der Waals surface area contributed by atoms with Gasteiger partial charge in [0.05, 0.1) is 17.6 Å². The van der Waals surface area contributed by atoms with Crippen molar-refractivity contribution in [2.45, 2.75) is 71.6 Å². The number of halogens is 3. The van der Waals surface area contributed by atoms with Crippen molar-refractivity contribution in [1.29, 1.82) is 0 Å². The molecule has 4 atom stereocenters. The van der Waals surface area contributed by atoms with Crippen LogP contribution < -0.4 is 10.2 Å². The minimum atomic E-state index is -4.40. The van der Waals surface area contributed by atoms with Gasteiger partial charge in [0, 0.05) is 50.6 Å². The summed E-state index contributed by atoms with van der Waals surface area (Å²) in [5.74, 6) is 1.22. The Kier molecular flexibility index (Phi) is 7.67. The monoisotopic (exact) mass is 496 g/mol. The van der Waals surface area contributed by atoms with Crippen molar-refractivity contribution >= 4 is 11.7 Å². The average Bonchev–Trinajstić information content (AvgIpc) is 3.24. The van der Waals surface area contributed by atoms with Crippen LogP contribution in [-0.2, 0) is 15.7 Å². The maximum absolute atomic E-state index is 13.8. The molecule has 1 aliphatic carbocycles. The van der Waals surface area contributed by atoms with E-state index < -0.39 is 11.7 Å². The summed E-state index contributed by atoms with van der Waals surface area (Å²) in [4.78, 5) is 22.0. The Hall–Kier alpha value is -1.87. The molecule has 1 N–H and O–H groups in total. The summed E-state index contributed by atoms with van der Waals surface area (Å²) in [6, 6.07) is 2.94. The van der Waals surface area contributed by atoms with Gasteiger partial charge in [-0.3, -0.25) is 4.79 Å². The average molecular weight is 497 g/mol. The lowest BCUT2D eigenvalue weighted by Gasteiger charge is -2.42. The van der Waals surface area contributed by atoms with Crippen molar-refractivity contribution < 1.29 is 22.7 Å². The normalized spacial score (nSPS) is 30.2. The number of rotatable bonds is 5. The van der Waals surface area contributed by atoms with Gasteiger partial charge < -0.3 is 19.9 Å². The standard InChI is InChI=1S/C26H39F3N4O2/c1-17(2)25(7-5-21(15-25)31-22-6-12-35-16-18(22)3)24(34)33-10-8-32(9-11-33)23-14-20(26(27,28)29)13-19(4)30-23/h13-14,17-18,21-22,31H,5-12,15-16H2,1-4H3/t18-,21-,22?,25?/m1/s1. The van der Waals surface area contributed by atoms with E-state index in [2.05, 4.69) is 31.1 Å². The highest BCUT2D eigenvalue weighted by Crippen LogP contribution is 2.46. The molecule has 1 saturated carbocycles. The molecule has 1 aromatic rings. The van der Waals surface area contributed by atoms with E-state index in [-0.39, 0.29) is 17.2 Å². The first-order valence-electron chi connectivity index (χ1n) is 12.9. The molecule has 3 heterocycles. The first-order chi connectivity index (χ1) is 16.5. The van der Waals surface area contributed by atoms with Gasteiger partial charge in [-0.1, -0.05) is 20.8 Å². The Balaban J connectivity index is 1.40. The molecule has 0 bridgehead atoms. The molecular weight excluding hydrogens is 457 g/mol. The van der Waals surface area contributed by atoms with Crippen LogP contribution in [0.1, 0.15) is 57.7 Å². The zero-order valence-electron chi connectivity index (χ0n) is 21.3. The molecule has 3 fully saturated rings. The third-order valence-corrected chi connectivity index (χ3v) is 8.33. The second-order valence-corrected chi connectivity index (χ2v) is 11.0. The second-order valence-electron chi connectivity index (χ2n) is 11.0. The molecule has 0 radical (unpaired) electrons. The fourth-order valence-electron chi connectivity index (χ4n) is 6.04. The number of carbonyl (C=O) groups is 1. The Morgan fingerprint density at radius 2 is 1.91 bits per heavy atom. The quantitative estimate of drug-likeness (QED) is 0.660. The molecule has 3 aliphatic rings. The number of nitrogens with zero attached hydrogens (tertiary/aromatic N) is 3. The molecule has 1 amide bonds. The number of alkyl halides is 3. The van der Waals surface area contributed by atoms with Gasteiger partial charge in [-0.05, 0) is 56.6 Å². The number of hydrogen-bond acceptors (Lipinski definition) is 5. The minimum Gasteiger partial charge on any atom is -0.381 e. The Bertz CT molecular complexity index is 901. The number of ether oxygens (including phenoxy) is 1. The Labute approximate surface area is 206 Å². The topological polar surface area (TPSA) is 57.7 Å². The number of aromatic nitrogens is 1. The molecule has 0 aromatic carbocycles. The molecule has 4 rings (SSSR count). The number of anilines is 1. The summed E-state index contributed by atoms with van der Waals surface area (Å²) in [6.45, 7) is 11.6. The number of pyridine rings is 1. The third-order valence-electron chi connectivity index (χ3n) is 8.33. The maximum atomic E-state index is 13.8. The van der Waals surface area contributed by atoms with Gasteiger partial charge in [0.1, 0.15) is 5.82 Å². The number of carbonyl (C=O) groups excluding carboxylic acids is 1. The van der Waals surface area contributed by atoms with E-state index in [1.54, 1.807) is 6.92 Å². The number of piperazine rings is 1. The van der Waals surface area contributed by atoms with Gasteiger partial charge in [0.2, 0.25) is 5.91 Å². The van der Waals surface area contributed by atoms with Gasteiger partial charge in [0.25, 0.3) is 0 Å². The number of hydrogen-bond donors (Lipinski definition) is 1. The van der Waals surface area contributed by atoms with Gasteiger partial charge in [-0.25, -0.2) is 4.98 Å². The van der Waals surface area contributed by atoms with Crippen molar-refractivity contribution in [3.63, 3.8) is 0 Å². The largest absolute Gasteiger partial charge is 0.416 e. The lowest BCUT2D eigenvalue weighted by atomic mass is 9.74. The summed E-state index contributed by atoms with van der Waals surface area (Å²) >= 11 is 0. The fourth-order valence-corrected chi connectivity index (χ4v) is 6.04. The highest BCUT2D eigenvalue weighted by atomic mass is 19.4. The Morgan fingerprint density at radius 3 is 2.54 bits per heavy atom. The highest BCUT2D eigenvalue weighted by molar-refractivity contribution is 5.84. The summed E-state index contributed by atoms with van der Waals surface area (Å²) in [5, 5.41) is 3.83. The molecule has 2 saturated heterocycles. The van der Waals surface area contributed by atoms with Crippen molar-refractivity contribution in [3.8, 4) is 0 Å². The third kappa shape index (κ3) is 5.61. The predicted octanol–water partition coefficient (Wildman–Crippen LogP) is 4.27. The molecule has 6 nitrogen and oxygen atoms in total. The van der Waals surface area contributed by atoms with Crippen LogP contribution in [0.3, 0.4) is 0 Å². The van der Waals surface area contributed by atoms with Gasteiger partial charge >= 0.3 is 6.18 Å². The van der Waals surface area contributed by atoms with Gasteiger partial charge in [0.15, 0.2) is 0 Å². The molecule has 35 heavy (non-hydrogen) atoms. The summed E-state index contributed by atoms with van der Waals surface area (Å²) in [6.07, 6.45) is -0.707. The fraction of sp³-hybridized carbons (Fsp3) is 0.769. The van der Waals surface area contributed by atoms with Gasteiger partial charge in [-0.15, -0.1) is 0 Å². The summed E-state index contributed by atoms with van der Waals surface area (Å²) in [7, 11) is 0. The lowest BCUT2D eigenvalue weighted by Crippen LogP contribution is -2.54. The number of nitrogens with one attached hydrogen (secondary N) is 1. The zero-order valence-corrected chi connectivity index (χ0v) is 21.3. The van der Waals surface area contributed by atoms with Crippen LogP contribution >= 0.6 is 0 Å². The van der Waals surface area contributed by atoms with Crippen LogP contribution in [0.5, 0.6) is 0 Å². The minimum absolute atomic E-state index is 0.199. The Morgan fingerprint density at radius 1 is 1.20 bits per heavy atom. The molecule has 0 spiro atoms. The SMILES string of the molecule is Cc1cc(C(F)(F)F)cc(N2CCN(C(=O)C3(C(C)C)CC[C@@H](NC4CCOC[C@H]4C)C3)CC2)n1. The summed E-state index contributed by atoms with van der Waals surface area (Å²) in [5.41, 5.74) is -0.727. The lowest BCUT2D eigenvalue weighted by molar-refractivity contribution is -0.145. The van der Waals surface area contributed by atoms with E-state index >= 15 is 0 Å². The first kappa shape index (κ1) is 26.2. The van der Waals surface area contributed by atoms with Gasteiger partial charge in [-0.2, -0.15) is 13.2 Å². The second kappa shape index (κ2) is 10.2. The van der Waals surface area contributed by atoms with E-state index in [9.17, 15) is 18.0 Å². The number of amides is 1. The smallest absolute Gasteiger partial charge is 0.381 e. The maximum Gasteiger partial charge on any atom is 0.416 e. The molecule has 9 heteroatoms. The van der Waals surface area contributed by atoms with Crippen LogP contribution in [0.15, 0.2) is 12.1 Å². The van der Waals surface area contributed by atoms with E-state index in [1.807, 2.05) is 9.80 Å². The number of aryl methyl sites for hydroxylation is 1.